The fourth-order valence-electron chi connectivity index (χ4n) is 1.39. The third kappa shape index (κ3) is 5.31. The summed E-state index contributed by atoms with van der Waals surface area (Å²) in [5, 5.41) is 0. The number of hydrogen-bond acceptors (Lipinski definition) is 4. The average Bonchev–Trinajstić information content (AvgIpc) is 2.28. The Balaban J connectivity index is 4.81. The Morgan fingerprint density at radius 3 is 2.17 bits per heavy atom. The Morgan fingerprint density at radius 2 is 1.83 bits per heavy atom. The van der Waals surface area contributed by atoms with Gasteiger partial charge in [-0.2, -0.15) is 0 Å². The molecule has 0 radical (unpaired) electrons. The van der Waals surface area contributed by atoms with Crippen LogP contribution < -0.4 is 0 Å². The highest BCUT2D eigenvalue weighted by Gasteiger charge is 2.36. The standard InChI is InChI=1S/C13H25FO4/c1-7-9(16-6)10(11(14)17-8-2)18-12(15)13(3,4)5/h9-11H,7-8H2,1-6H3. The van der Waals surface area contributed by atoms with Gasteiger partial charge in [-0.15, -0.1) is 0 Å². The van der Waals surface area contributed by atoms with Crippen LogP contribution in [0.15, 0.2) is 0 Å². The Labute approximate surface area is 109 Å². The first-order valence-corrected chi connectivity index (χ1v) is 6.27. The van der Waals surface area contributed by atoms with E-state index in [0.29, 0.717) is 6.42 Å². The minimum absolute atomic E-state index is 0.213. The van der Waals surface area contributed by atoms with Crippen molar-refractivity contribution in [3.05, 3.63) is 0 Å². The Hall–Kier alpha value is -0.680. The molecule has 18 heavy (non-hydrogen) atoms. The summed E-state index contributed by atoms with van der Waals surface area (Å²) in [5.74, 6) is -0.467. The summed E-state index contributed by atoms with van der Waals surface area (Å²) in [5.41, 5.74) is -0.684. The highest BCUT2D eigenvalue weighted by molar-refractivity contribution is 5.75. The van der Waals surface area contributed by atoms with Gasteiger partial charge in [0, 0.05) is 13.7 Å². The number of esters is 1. The predicted octanol–water partition coefficient (Wildman–Crippen LogP) is 2.70. The van der Waals surface area contributed by atoms with Crippen LogP contribution in [0.4, 0.5) is 4.39 Å². The van der Waals surface area contributed by atoms with Crippen LogP contribution in [0.1, 0.15) is 41.0 Å². The topological polar surface area (TPSA) is 44.8 Å². The molecule has 0 aliphatic heterocycles. The molecule has 0 aromatic heterocycles. The zero-order valence-corrected chi connectivity index (χ0v) is 12.2. The van der Waals surface area contributed by atoms with Crippen LogP contribution in [0.2, 0.25) is 0 Å². The summed E-state index contributed by atoms with van der Waals surface area (Å²) >= 11 is 0. The van der Waals surface area contributed by atoms with E-state index in [1.54, 1.807) is 27.7 Å². The number of ether oxygens (including phenoxy) is 3. The molecular weight excluding hydrogens is 239 g/mol. The summed E-state index contributed by atoms with van der Waals surface area (Å²) in [4.78, 5) is 11.8. The highest BCUT2D eigenvalue weighted by Crippen LogP contribution is 2.22. The average molecular weight is 264 g/mol. The Bertz CT molecular complexity index is 246. The fourth-order valence-corrected chi connectivity index (χ4v) is 1.39. The van der Waals surface area contributed by atoms with Gasteiger partial charge in [0.15, 0.2) is 6.10 Å². The lowest BCUT2D eigenvalue weighted by atomic mass is 9.97. The second kappa shape index (κ2) is 7.69. The summed E-state index contributed by atoms with van der Waals surface area (Å²) in [6.07, 6.45) is -2.69. The first kappa shape index (κ1) is 17.3. The van der Waals surface area contributed by atoms with Crippen molar-refractivity contribution >= 4 is 5.97 Å². The lowest BCUT2D eigenvalue weighted by Crippen LogP contribution is -2.43. The lowest BCUT2D eigenvalue weighted by molar-refractivity contribution is -0.197. The monoisotopic (exact) mass is 264 g/mol. The number of methoxy groups -OCH3 is 1. The van der Waals surface area contributed by atoms with Gasteiger partial charge in [-0.3, -0.25) is 4.79 Å². The van der Waals surface area contributed by atoms with Crippen molar-refractivity contribution in [2.45, 2.75) is 59.6 Å². The van der Waals surface area contributed by atoms with Gasteiger partial charge in [-0.05, 0) is 34.1 Å². The van der Waals surface area contributed by atoms with Crippen LogP contribution in [0.25, 0.3) is 0 Å². The van der Waals surface area contributed by atoms with E-state index in [0.717, 1.165) is 0 Å². The van der Waals surface area contributed by atoms with E-state index >= 15 is 0 Å². The molecule has 108 valence electrons. The zero-order valence-electron chi connectivity index (χ0n) is 12.2. The molecule has 0 aromatic carbocycles. The van der Waals surface area contributed by atoms with Gasteiger partial charge in [0.05, 0.1) is 11.5 Å². The first-order chi connectivity index (χ1) is 8.27. The summed E-state index contributed by atoms with van der Waals surface area (Å²) < 4.78 is 29.1. The van der Waals surface area contributed by atoms with Gasteiger partial charge in [0.1, 0.15) is 0 Å². The molecule has 0 aliphatic rings. The predicted molar refractivity (Wildman–Crippen MR) is 66.9 cm³/mol. The van der Waals surface area contributed by atoms with Crippen molar-refractivity contribution in [2.75, 3.05) is 13.7 Å². The first-order valence-electron chi connectivity index (χ1n) is 6.27. The maximum atomic E-state index is 13.9. The molecule has 0 rings (SSSR count). The summed E-state index contributed by atoms with van der Waals surface area (Å²) in [6, 6.07) is 0. The maximum absolute atomic E-state index is 13.9. The number of halogens is 1. The fraction of sp³-hybridized carbons (Fsp3) is 0.923. The molecular formula is C13H25FO4. The number of carbonyl (C=O) groups is 1. The van der Waals surface area contributed by atoms with Gasteiger partial charge >= 0.3 is 5.97 Å². The van der Waals surface area contributed by atoms with E-state index in [2.05, 4.69) is 0 Å². The molecule has 0 saturated heterocycles. The van der Waals surface area contributed by atoms with Crippen LogP contribution in [0.3, 0.4) is 0 Å². The maximum Gasteiger partial charge on any atom is 0.311 e. The SMILES string of the molecule is CCOC(F)C(OC(=O)C(C)(C)C)C(CC)OC. The van der Waals surface area contributed by atoms with Crippen LogP contribution in [-0.2, 0) is 19.0 Å². The molecule has 0 bridgehead atoms. The van der Waals surface area contributed by atoms with E-state index in [1.165, 1.54) is 7.11 Å². The molecule has 0 N–H and O–H groups in total. The van der Waals surface area contributed by atoms with Crippen LogP contribution in [-0.4, -0.2) is 38.3 Å². The molecule has 3 atom stereocenters. The molecule has 0 heterocycles. The van der Waals surface area contributed by atoms with Crippen LogP contribution >= 0.6 is 0 Å². The third-order valence-electron chi connectivity index (χ3n) is 2.51. The molecule has 0 fully saturated rings. The number of rotatable bonds is 7. The van der Waals surface area contributed by atoms with E-state index in [1.807, 2.05) is 6.92 Å². The zero-order chi connectivity index (χ0) is 14.3. The third-order valence-corrected chi connectivity index (χ3v) is 2.51. The largest absolute Gasteiger partial charge is 0.453 e. The molecule has 0 amide bonds. The summed E-state index contributed by atoms with van der Waals surface area (Å²) in [7, 11) is 1.46. The van der Waals surface area contributed by atoms with Crippen molar-refractivity contribution in [3.8, 4) is 0 Å². The smallest absolute Gasteiger partial charge is 0.311 e. The molecule has 0 spiro atoms. The summed E-state index contributed by atoms with van der Waals surface area (Å²) in [6.45, 7) is 8.88. The normalized spacial score (nSPS) is 17.1. The van der Waals surface area contributed by atoms with Crippen molar-refractivity contribution in [3.63, 3.8) is 0 Å². The highest BCUT2D eigenvalue weighted by atomic mass is 19.1. The van der Waals surface area contributed by atoms with Crippen LogP contribution in [0, 0.1) is 5.41 Å². The Morgan fingerprint density at radius 1 is 1.28 bits per heavy atom. The minimum Gasteiger partial charge on any atom is -0.453 e. The van der Waals surface area contributed by atoms with Crippen molar-refractivity contribution in [1.29, 1.82) is 0 Å². The van der Waals surface area contributed by atoms with Crippen molar-refractivity contribution in [2.24, 2.45) is 5.41 Å². The number of alkyl halides is 1. The van der Waals surface area contributed by atoms with E-state index in [4.69, 9.17) is 14.2 Å². The molecule has 4 nitrogen and oxygen atoms in total. The van der Waals surface area contributed by atoms with Crippen molar-refractivity contribution < 1.29 is 23.4 Å². The second-order valence-electron chi connectivity index (χ2n) is 5.11. The lowest BCUT2D eigenvalue weighted by Gasteiger charge is -2.30. The van der Waals surface area contributed by atoms with E-state index < -0.39 is 29.9 Å². The quantitative estimate of drug-likeness (QED) is 0.663. The van der Waals surface area contributed by atoms with E-state index in [9.17, 15) is 9.18 Å². The van der Waals surface area contributed by atoms with Gasteiger partial charge < -0.3 is 14.2 Å². The molecule has 0 saturated carbocycles. The molecule has 5 heteroatoms. The second-order valence-corrected chi connectivity index (χ2v) is 5.11. The number of hydrogen-bond donors (Lipinski definition) is 0. The van der Waals surface area contributed by atoms with E-state index in [-0.39, 0.29) is 6.61 Å². The van der Waals surface area contributed by atoms with Crippen LogP contribution in [0.5, 0.6) is 0 Å². The molecule has 0 aromatic rings. The molecule has 0 aliphatic carbocycles. The molecule has 3 unspecified atom stereocenters. The minimum atomic E-state index is -1.67. The van der Waals surface area contributed by atoms with Gasteiger partial charge in [-0.25, -0.2) is 4.39 Å². The van der Waals surface area contributed by atoms with Gasteiger partial charge in [-0.1, -0.05) is 6.92 Å². The van der Waals surface area contributed by atoms with Gasteiger partial charge in [0.25, 0.3) is 0 Å². The van der Waals surface area contributed by atoms with Crippen molar-refractivity contribution in [1.82, 2.24) is 0 Å². The Kier molecular flexibility index (Phi) is 7.40. The number of carbonyl (C=O) groups excluding carboxylic acids is 1. The van der Waals surface area contributed by atoms with Gasteiger partial charge in [0.2, 0.25) is 6.36 Å².